The van der Waals surface area contributed by atoms with Crippen LogP contribution in [0.25, 0.3) is 11.3 Å². The second-order valence-corrected chi connectivity index (χ2v) is 6.80. The lowest BCUT2D eigenvalue weighted by molar-refractivity contribution is -0.137. The number of nitrogens with zero attached hydrogens (tertiary/aromatic N) is 1. The average Bonchev–Trinajstić information content (AvgIpc) is 3.12. The van der Waals surface area contributed by atoms with Crippen molar-refractivity contribution >= 4 is 58.0 Å². The van der Waals surface area contributed by atoms with Crippen LogP contribution in [0.3, 0.4) is 0 Å². The van der Waals surface area contributed by atoms with E-state index in [-0.39, 0.29) is 38.4 Å². The molecule has 0 spiro atoms. The van der Waals surface area contributed by atoms with E-state index in [1.807, 2.05) is 0 Å². The Morgan fingerprint density at radius 3 is 2.33 bits per heavy atom. The van der Waals surface area contributed by atoms with Gasteiger partial charge in [-0.25, -0.2) is 4.98 Å². The molecule has 0 saturated carbocycles. The van der Waals surface area contributed by atoms with Crippen LogP contribution in [0, 0.1) is 0 Å². The predicted molar refractivity (Wildman–Crippen MR) is 102 cm³/mol. The van der Waals surface area contributed by atoms with E-state index in [0.717, 1.165) is 23.5 Å². The summed E-state index contributed by atoms with van der Waals surface area (Å²) in [7, 11) is 0. The number of nitrogens with one attached hydrogen (secondary N) is 2. The van der Waals surface area contributed by atoms with Crippen molar-refractivity contribution in [2.45, 2.75) is 6.18 Å². The van der Waals surface area contributed by atoms with Crippen LogP contribution >= 0.6 is 34.5 Å². The highest BCUT2D eigenvalue weighted by Gasteiger charge is 2.36. The Kier molecular flexibility index (Phi) is 5.59. The van der Waals surface area contributed by atoms with Gasteiger partial charge < -0.3 is 10.6 Å². The highest BCUT2D eigenvalue weighted by molar-refractivity contribution is 7.07. The zero-order valence-corrected chi connectivity index (χ0v) is 15.6. The van der Waals surface area contributed by atoms with Crippen molar-refractivity contribution in [1.82, 2.24) is 4.98 Å². The molecule has 1 heterocycles. The Hall–Kier alpha value is -2.29. The first-order valence-corrected chi connectivity index (χ1v) is 9.06. The minimum Gasteiger partial charge on any atom is -0.351 e. The lowest BCUT2D eigenvalue weighted by Crippen LogP contribution is -2.11. The predicted octanol–water partition coefficient (Wildman–Crippen LogP) is 6.45. The van der Waals surface area contributed by atoms with Crippen LogP contribution in [-0.2, 0) is 11.0 Å². The molecule has 0 bridgehead atoms. The summed E-state index contributed by atoms with van der Waals surface area (Å²) in [4.78, 5) is 15.0. The summed E-state index contributed by atoms with van der Waals surface area (Å²) in [6.45, 7) is 0. The molecule has 3 rings (SSSR count). The number of rotatable bonds is 5. The van der Waals surface area contributed by atoms with Gasteiger partial charge in [-0.2, -0.15) is 13.2 Å². The molecule has 0 unspecified atom stereocenters. The number of thiazole rings is 1. The second-order valence-electron chi connectivity index (χ2n) is 5.27. The highest BCUT2D eigenvalue weighted by Crippen LogP contribution is 2.46. The number of benzene rings is 2. The van der Waals surface area contributed by atoms with E-state index < -0.39 is 11.7 Å². The molecule has 27 heavy (non-hydrogen) atoms. The number of hydrogen-bond donors (Lipinski definition) is 2. The van der Waals surface area contributed by atoms with Gasteiger partial charge in [-0.15, -0.1) is 11.3 Å². The van der Waals surface area contributed by atoms with Crippen molar-refractivity contribution < 1.29 is 18.0 Å². The molecule has 0 aliphatic rings. The summed E-state index contributed by atoms with van der Waals surface area (Å²) in [5, 5.41) is 7.14. The van der Waals surface area contributed by atoms with E-state index >= 15 is 0 Å². The molecule has 2 N–H and O–H groups in total. The van der Waals surface area contributed by atoms with Crippen LogP contribution in [0.2, 0.25) is 10.0 Å². The van der Waals surface area contributed by atoms with Gasteiger partial charge in [-0.3, -0.25) is 4.79 Å². The standard InChI is InChI=1S/C17H10Cl2F3N3OS/c18-10-2-1-3-11(19)15(10)25-16-12(23-7-26)5-4-9(17(20,21)22)14(16)13-6-27-8-24-13/h1-8,25H,(H,23,26). The Morgan fingerprint density at radius 2 is 1.78 bits per heavy atom. The summed E-state index contributed by atoms with van der Waals surface area (Å²) in [6, 6.07) is 6.73. The van der Waals surface area contributed by atoms with Gasteiger partial charge in [0.25, 0.3) is 0 Å². The molecule has 140 valence electrons. The molecule has 0 aliphatic carbocycles. The Labute approximate surface area is 165 Å². The Balaban J connectivity index is 2.30. The molecular formula is C17H10Cl2F3N3OS. The fraction of sp³-hybridized carbons (Fsp3) is 0.0588. The van der Waals surface area contributed by atoms with Crippen molar-refractivity contribution in [1.29, 1.82) is 0 Å². The van der Waals surface area contributed by atoms with Crippen molar-refractivity contribution in [3.8, 4) is 11.3 Å². The van der Waals surface area contributed by atoms with Crippen LogP contribution in [0.1, 0.15) is 5.56 Å². The van der Waals surface area contributed by atoms with E-state index in [1.54, 1.807) is 18.2 Å². The SMILES string of the molecule is O=CNc1ccc(C(F)(F)F)c(-c2cscn2)c1Nc1c(Cl)cccc1Cl. The quantitative estimate of drug-likeness (QED) is 0.456. The minimum absolute atomic E-state index is 0.0159. The lowest BCUT2D eigenvalue weighted by Gasteiger charge is -2.21. The van der Waals surface area contributed by atoms with Gasteiger partial charge in [0.05, 0.1) is 43.9 Å². The maximum Gasteiger partial charge on any atom is 0.417 e. The monoisotopic (exact) mass is 431 g/mol. The van der Waals surface area contributed by atoms with Crippen molar-refractivity contribution in [3.05, 3.63) is 56.8 Å². The third kappa shape index (κ3) is 4.02. The van der Waals surface area contributed by atoms with E-state index in [1.165, 1.54) is 10.9 Å². The Bertz CT molecular complexity index is 958. The minimum atomic E-state index is -4.64. The first kappa shape index (κ1) is 19.5. The summed E-state index contributed by atoms with van der Waals surface area (Å²) in [5.41, 5.74) is 0.719. The van der Waals surface area contributed by atoms with Gasteiger partial charge in [0, 0.05) is 10.9 Å². The largest absolute Gasteiger partial charge is 0.417 e. The normalized spacial score (nSPS) is 11.3. The first-order valence-electron chi connectivity index (χ1n) is 7.37. The molecule has 0 atom stereocenters. The molecule has 0 fully saturated rings. The molecule has 10 heteroatoms. The molecule has 0 radical (unpaired) electrons. The lowest BCUT2D eigenvalue weighted by atomic mass is 10.00. The Morgan fingerprint density at radius 1 is 1.07 bits per heavy atom. The maximum absolute atomic E-state index is 13.6. The van der Waals surface area contributed by atoms with E-state index in [4.69, 9.17) is 23.2 Å². The van der Waals surface area contributed by atoms with E-state index in [0.29, 0.717) is 6.41 Å². The maximum atomic E-state index is 13.6. The van der Waals surface area contributed by atoms with Crippen LogP contribution in [0.4, 0.5) is 30.2 Å². The molecular weight excluding hydrogens is 422 g/mol. The van der Waals surface area contributed by atoms with Crippen molar-refractivity contribution in [3.63, 3.8) is 0 Å². The average molecular weight is 432 g/mol. The van der Waals surface area contributed by atoms with Gasteiger partial charge in [0.15, 0.2) is 0 Å². The summed E-state index contributed by atoms with van der Waals surface area (Å²) in [5.74, 6) is 0. The fourth-order valence-electron chi connectivity index (χ4n) is 2.50. The molecule has 2 aromatic carbocycles. The summed E-state index contributed by atoms with van der Waals surface area (Å²) >= 11 is 13.4. The zero-order valence-electron chi connectivity index (χ0n) is 13.3. The summed E-state index contributed by atoms with van der Waals surface area (Å²) in [6.07, 6.45) is -4.27. The van der Waals surface area contributed by atoms with Gasteiger partial charge >= 0.3 is 6.18 Å². The fourth-order valence-corrected chi connectivity index (χ4v) is 3.53. The number of anilines is 3. The first-order chi connectivity index (χ1) is 12.8. The van der Waals surface area contributed by atoms with Crippen molar-refractivity contribution in [2.24, 2.45) is 0 Å². The molecule has 0 aliphatic heterocycles. The highest BCUT2D eigenvalue weighted by atomic mass is 35.5. The van der Waals surface area contributed by atoms with Crippen LogP contribution in [-0.4, -0.2) is 11.4 Å². The third-order valence-corrected chi connectivity index (χ3v) is 4.84. The van der Waals surface area contributed by atoms with Gasteiger partial charge in [0.1, 0.15) is 0 Å². The number of alkyl halides is 3. The van der Waals surface area contributed by atoms with Gasteiger partial charge in [-0.1, -0.05) is 29.3 Å². The second kappa shape index (κ2) is 7.75. The molecule has 0 saturated heterocycles. The zero-order chi connectivity index (χ0) is 19.6. The smallest absolute Gasteiger partial charge is 0.351 e. The van der Waals surface area contributed by atoms with Crippen molar-refractivity contribution in [2.75, 3.05) is 10.6 Å². The molecule has 1 amide bonds. The number of halogens is 5. The topological polar surface area (TPSA) is 54.0 Å². The van der Waals surface area contributed by atoms with Crippen LogP contribution < -0.4 is 10.6 Å². The van der Waals surface area contributed by atoms with Gasteiger partial charge in [-0.05, 0) is 24.3 Å². The van der Waals surface area contributed by atoms with Crippen LogP contribution in [0.15, 0.2) is 41.2 Å². The molecule has 4 nitrogen and oxygen atoms in total. The number of carbonyl (C=O) groups is 1. The number of para-hydroxylation sites is 1. The number of carbonyl (C=O) groups excluding carboxylic acids is 1. The van der Waals surface area contributed by atoms with E-state index in [2.05, 4.69) is 15.6 Å². The molecule has 1 aromatic heterocycles. The summed E-state index contributed by atoms with van der Waals surface area (Å²) < 4.78 is 40.9. The van der Waals surface area contributed by atoms with Crippen LogP contribution in [0.5, 0.6) is 0 Å². The number of hydrogen-bond acceptors (Lipinski definition) is 4. The van der Waals surface area contributed by atoms with E-state index in [9.17, 15) is 18.0 Å². The molecule has 3 aromatic rings. The number of aromatic nitrogens is 1. The number of amides is 1. The van der Waals surface area contributed by atoms with Gasteiger partial charge in [0.2, 0.25) is 6.41 Å². The third-order valence-electron chi connectivity index (χ3n) is 3.63.